The molecule has 0 aliphatic heterocycles. The topological polar surface area (TPSA) is 22.1 Å². The van der Waals surface area contributed by atoms with E-state index in [1.54, 1.807) is 11.3 Å². The molecule has 0 bridgehead atoms. The van der Waals surface area contributed by atoms with Gasteiger partial charge in [0.1, 0.15) is 17.4 Å². The molecule has 100 valence electrons. The molecule has 3 aromatic rings. The standard InChI is InChI=1S/C17H15NOS/c1-13-17(14-8-4-2-5-9-14)18-16(20-13)12-19-15-10-6-3-7-11-15/h2-11H,12H2,1H3. The second-order valence-electron chi connectivity index (χ2n) is 4.48. The molecule has 0 amide bonds. The predicted molar refractivity (Wildman–Crippen MR) is 83.1 cm³/mol. The van der Waals surface area contributed by atoms with E-state index in [0.717, 1.165) is 22.0 Å². The fourth-order valence-electron chi connectivity index (χ4n) is 2.04. The van der Waals surface area contributed by atoms with Gasteiger partial charge in [0.25, 0.3) is 0 Å². The monoisotopic (exact) mass is 281 g/mol. The molecule has 0 saturated heterocycles. The van der Waals surface area contributed by atoms with E-state index >= 15 is 0 Å². The summed E-state index contributed by atoms with van der Waals surface area (Å²) in [6, 6.07) is 20.1. The molecule has 0 aliphatic rings. The summed E-state index contributed by atoms with van der Waals surface area (Å²) in [5.74, 6) is 0.876. The van der Waals surface area contributed by atoms with Crippen molar-refractivity contribution in [2.24, 2.45) is 0 Å². The average molecular weight is 281 g/mol. The van der Waals surface area contributed by atoms with Crippen molar-refractivity contribution in [2.75, 3.05) is 0 Å². The Morgan fingerprint density at radius 3 is 2.30 bits per heavy atom. The van der Waals surface area contributed by atoms with Crippen molar-refractivity contribution in [2.45, 2.75) is 13.5 Å². The van der Waals surface area contributed by atoms with E-state index in [1.807, 2.05) is 48.5 Å². The van der Waals surface area contributed by atoms with Crippen molar-refractivity contribution < 1.29 is 4.74 Å². The second kappa shape index (κ2) is 5.88. The van der Waals surface area contributed by atoms with Crippen LogP contribution in [0, 0.1) is 6.92 Å². The summed E-state index contributed by atoms with van der Waals surface area (Å²) in [6.45, 7) is 2.62. The highest BCUT2D eigenvalue weighted by Crippen LogP contribution is 2.27. The van der Waals surface area contributed by atoms with Crippen LogP contribution in [0.3, 0.4) is 0 Å². The quantitative estimate of drug-likeness (QED) is 0.691. The normalized spacial score (nSPS) is 10.4. The number of benzene rings is 2. The number of rotatable bonds is 4. The molecule has 2 nitrogen and oxygen atoms in total. The number of aryl methyl sites for hydroxylation is 1. The van der Waals surface area contributed by atoms with Crippen LogP contribution in [0.4, 0.5) is 0 Å². The van der Waals surface area contributed by atoms with Crippen molar-refractivity contribution in [1.82, 2.24) is 4.98 Å². The van der Waals surface area contributed by atoms with Crippen molar-refractivity contribution >= 4 is 11.3 Å². The minimum atomic E-state index is 0.516. The van der Waals surface area contributed by atoms with Gasteiger partial charge in [0.05, 0.1) is 5.69 Å². The molecule has 0 atom stereocenters. The van der Waals surface area contributed by atoms with Crippen LogP contribution in [0.15, 0.2) is 60.7 Å². The minimum absolute atomic E-state index is 0.516. The van der Waals surface area contributed by atoms with Gasteiger partial charge in [-0.15, -0.1) is 11.3 Å². The smallest absolute Gasteiger partial charge is 0.140 e. The fraction of sp³-hybridized carbons (Fsp3) is 0.118. The Hall–Kier alpha value is -2.13. The maximum atomic E-state index is 5.74. The Morgan fingerprint density at radius 1 is 0.950 bits per heavy atom. The molecule has 2 aromatic carbocycles. The molecule has 0 radical (unpaired) electrons. The van der Waals surface area contributed by atoms with E-state index in [2.05, 4.69) is 24.0 Å². The molecule has 0 unspecified atom stereocenters. The van der Waals surface area contributed by atoms with Crippen LogP contribution < -0.4 is 4.74 Å². The maximum absolute atomic E-state index is 5.74. The summed E-state index contributed by atoms with van der Waals surface area (Å²) < 4.78 is 5.74. The number of para-hydroxylation sites is 1. The lowest BCUT2D eigenvalue weighted by Crippen LogP contribution is -1.94. The highest BCUT2D eigenvalue weighted by molar-refractivity contribution is 7.12. The Morgan fingerprint density at radius 2 is 1.60 bits per heavy atom. The van der Waals surface area contributed by atoms with Gasteiger partial charge in [-0.3, -0.25) is 0 Å². The van der Waals surface area contributed by atoms with Crippen LogP contribution in [0.5, 0.6) is 5.75 Å². The van der Waals surface area contributed by atoms with Gasteiger partial charge < -0.3 is 4.74 Å². The number of hydrogen-bond donors (Lipinski definition) is 0. The van der Waals surface area contributed by atoms with Crippen LogP contribution in [0.25, 0.3) is 11.3 Å². The number of nitrogens with zero attached hydrogens (tertiary/aromatic N) is 1. The Kier molecular flexibility index (Phi) is 3.79. The lowest BCUT2D eigenvalue weighted by Gasteiger charge is -2.02. The Balaban J connectivity index is 1.76. The minimum Gasteiger partial charge on any atom is -0.486 e. The first-order valence-corrected chi connectivity index (χ1v) is 7.34. The zero-order valence-corrected chi connectivity index (χ0v) is 12.1. The maximum Gasteiger partial charge on any atom is 0.140 e. The number of hydrogen-bond acceptors (Lipinski definition) is 3. The van der Waals surface area contributed by atoms with Gasteiger partial charge >= 0.3 is 0 Å². The van der Waals surface area contributed by atoms with E-state index in [4.69, 9.17) is 4.74 Å². The third-order valence-electron chi connectivity index (χ3n) is 2.99. The Labute approximate surface area is 122 Å². The molecule has 0 N–H and O–H groups in total. The SMILES string of the molecule is Cc1sc(COc2ccccc2)nc1-c1ccccc1. The third kappa shape index (κ3) is 2.89. The van der Waals surface area contributed by atoms with E-state index in [1.165, 1.54) is 4.88 Å². The van der Waals surface area contributed by atoms with Gasteiger partial charge in [-0.2, -0.15) is 0 Å². The lowest BCUT2D eigenvalue weighted by molar-refractivity contribution is 0.305. The molecule has 1 heterocycles. The number of ether oxygens (including phenoxy) is 1. The van der Waals surface area contributed by atoms with Crippen LogP contribution in [-0.2, 0) is 6.61 Å². The second-order valence-corrected chi connectivity index (χ2v) is 5.77. The molecule has 0 fully saturated rings. The summed E-state index contributed by atoms with van der Waals surface area (Å²) in [5, 5.41) is 1.00. The van der Waals surface area contributed by atoms with Crippen molar-refractivity contribution in [3.8, 4) is 17.0 Å². The van der Waals surface area contributed by atoms with Gasteiger partial charge in [0.15, 0.2) is 0 Å². The van der Waals surface area contributed by atoms with Gasteiger partial charge in [0, 0.05) is 10.4 Å². The largest absolute Gasteiger partial charge is 0.486 e. The summed E-state index contributed by atoms with van der Waals surface area (Å²) in [7, 11) is 0. The molecular weight excluding hydrogens is 266 g/mol. The fourth-order valence-corrected chi connectivity index (χ4v) is 2.91. The molecule has 3 heteroatoms. The van der Waals surface area contributed by atoms with E-state index in [0.29, 0.717) is 6.61 Å². The van der Waals surface area contributed by atoms with Crippen molar-refractivity contribution in [3.63, 3.8) is 0 Å². The number of thiazole rings is 1. The molecule has 1 aromatic heterocycles. The van der Waals surface area contributed by atoms with Gasteiger partial charge in [-0.25, -0.2) is 4.98 Å². The highest BCUT2D eigenvalue weighted by atomic mass is 32.1. The lowest BCUT2D eigenvalue weighted by atomic mass is 10.1. The van der Waals surface area contributed by atoms with Crippen LogP contribution >= 0.6 is 11.3 Å². The predicted octanol–water partition coefficient (Wildman–Crippen LogP) is 4.70. The zero-order chi connectivity index (χ0) is 13.8. The zero-order valence-electron chi connectivity index (χ0n) is 11.2. The Bertz CT molecular complexity index is 677. The van der Waals surface area contributed by atoms with Gasteiger partial charge in [-0.05, 0) is 19.1 Å². The first kappa shape index (κ1) is 12.9. The third-order valence-corrected chi connectivity index (χ3v) is 3.94. The molecule has 3 rings (SSSR count). The molecule has 20 heavy (non-hydrogen) atoms. The molecule has 0 saturated carbocycles. The van der Waals surface area contributed by atoms with Crippen LogP contribution in [0.1, 0.15) is 9.88 Å². The van der Waals surface area contributed by atoms with Gasteiger partial charge in [-0.1, -0.05) is 48.5 Å². The summed E-state index contributed by atoms with van der Waals surface area (Å²) in [5.41, 5.74) is 2.22. The molecule has 0 spiro atoms. The molecular formula is C17H15NOS. The van der Waals surface area contributed by atoms with Crippen LogP contribution in [0.2, 0.25) is 0 Å². The van der Waals surface area contributed by atoms with Crippen molar-refractivity contribution in [3.05, 3.63) is 70.5 Å². The summed E-state index contributed by atoms with van der Waals surface area (Å²) in [4.78, 5) is 5.91. The summed E-state index contributed by atoms with van der Waals surface area (Å²) >= 11 is 1.69. The van der Waals surface area contributed by atoms with E-state index < -0.39 is 0 Å². The highest BCUT2D eigenvalue weighted by Gasteiger charge is 2.09. The first-order chi connectivity index (χ1) is 9.83. The van der Waals surface area contributed by atoms with Gasteiger partial charge in [0.2, 0.25) is 0 Å². The number of aromatic nitrogens is 1. The average Bonchev–Trinajstić information content (AvgIpc) is 2.88. The van der Waals surface area contributed by atoms with E-state index in [9.17, 15) is 0 Å². The van der Waals surface area contributed by atoms with Crippen LogP contribution in [-0.4, -0.2) is 4.98 Å². The van der Waals surface area contributed by atoms with Crippen molar-refractivity contribution in [1.29, 1.82) is 0 Å². The summed E-state index contributed by atoms with van der Waals surface area (Å²) in [6.07, 6.45) is 0. The first-order valence-electron chi connectivity index (χ1n) is 6.52. The van der Waals surface area contributed by atoms with E-state index in [-0.39, 0.29) is 0 Å². The molecule has 0 aliphatic carbocycles.